The van der Waals surface area contributed by atoms with Crippen LogP contribution in [0, 0.1) is 10.1 Å². The number of aromatic nitrogens is 1. The Balaban J connectivity index is 2.16. The van der Waals surface area contributed by atoms with Crippen molar-refractivity contribution in [3.63, 3.8) is 0 Å². The van der Waals surface area contributed by atoms with Gasteiger partial charge in [-0.05, 0) is 19.3 Å². The quantitative estimate of drug-likeness (QED) is 0.586. The molecule has 1 aliphatic rings. The molecule has 6 nitrogen and oxygen atoms in total. The molecule has 92 valence electrons. The van der Waals surface area contributed by atoms with Crippen molar-refractivity contribution in [2.24, 2.45) is 7.05 Å². The van der Waals surface area contributed by atoms with Gasteiger partial charge in [0.25, 0.3) is 0 Å². The first-order chi connectivity index (χ1) is 8.08. The van der Waals surface area contributed by atoms with Crippen LogP contribution in [0.4, 0.5) is 5.69 Å². The summed E-state index contributed by atoms with van der Waals surface area (Å²) in [5.74, 6) is 0. The number of pyridine rings is 1. The summed E-state index contributed by atoms with van der Waals surface area (Å²) < 4.78 is 6.78. The third kappa shape index (κ3) is 2.52. The summed E-state index contributed by atoms with van der Waals surface area (Å²) in [4.78, 5) is 21.5. The van der Waals surface area contributed by atoms with E-state index in [1.807, 2.05) is 0 Å². The maximum absolute atomic E-state index is 11.4. The van der Waals surface area contributed by atoms with Crippen LogP contribution in [0.25, 0.3) is 0 Å². The van der Waals surface area contributed by atoms with Crippen molar-refractivity contribution in [2.75, 3.05) is 0 Å². The third-order valence-corrected chi connectivity index (χ3v) is 2.96. The first-order valence-corrected chi connectivity index (χ1v) is 5.53. The molecule has 0 bridgehead atoms. The third-order valence-electron chi connectivity index (χ3n) is 2.96. The second kappa shape index (κ2) is 4.67. The number of nitro groups is 1. The molecular formula is C11H14N2O4. The minimum Gasteiger partial charge on any atom is -0.373 e. The van der Waals surface area contributed by atoms with Crippen molar-refractivity contribution in [1.82, 2.24) is 4.57 Å². The van der Waals surface area contributed by atoms with Gasteiger partial charge >= 0.3 is 11.2 Å². The molecule has 2 rings (SSSR count). The van der Waals surface area contributed by atoms with Crippen molar-refractivity contribution in [2.45, 2.75) is 32.0 Å². The lowest BCUT2D eigenvalue weighted by molar-refractivity contribution is -0.386. The smallest absolute Gasteiger partial charge is 0.334 e. The number of hydrogen-bond acceptors (Lipinski definition) is 4. The van der Waals surface area contributed by atoms with E-state index in [0.717, 1.165) is 12.8 Å². The Labute approximate surface area is 98.0 Å². The van der Waals surface area contributed by atoms with Crippen LogP contribution in [-0.4, -0.2) is 15.6 Å². The zero-order valence-corrected chi connectivity index (χ0v) is 9.59. The number of hydrogen-bond donors (Lipinski definition) is 0. The molecule has 1 aromatic heterocycles. The summed E-state index contributed by atoms with van der Waals surface area (Å²) in [7, 11) is 1.50. The molecule has 1 aliphatic carbocycles. The maximum Gasteiger partial charge on any atom is 0.334 e. The molecule has 0 N–H and O–H groups in total. The molecule has 0 radical (unpaired) electrons. The van der Waals surface area contributed by atoms with E-state index in [-0.39, 0.29) is 6.10 Å². The van der Waals surface area contributed by atoms with Gasteiger partial charge in [-0.25, -0.2) is 0 Å². The van der Waals surface area contributed by atoms with Gasteiger partial charge in [0.1, 0.15) is 0 Å². The highest BCUT2D eigenvalue weighted by atomic mass is 16.6. The Morgan fingerprint density at radius 2 is 2.29 bits per heavy atom. The van der Waals surface area contributed by atoms with Gasteiger partial charge < -0.3 is 9.30 Å². The zero-order chi connectivity index (χ0) is 12.4. The fourth-order valence-corrected chi connectivity index (χ4v) is 1.72. The first-order valence-electron chi connectivity index (χ1n) is 5.53. The van der Waals surface area contributed by atoms with Crippen LogP contribution in [0.5, 0.6) is 0 Å². The molecule has 0 aromatic carbocycles. The van der Waals surface area contributed by atoms with E-state index in [2.05, 4.69) is 0 Å². The van der Waals surface area contributed by atoms with Crippen molar-refractivity contribution in [3.05, 3.63) is 38.3 Å². The van der Waals surface area contributed by atoms with Crippen LogP contribution >= 0.6 is 0 Å². The van der Waals surface area contributed by atoms with Gasteiger partial charge in [-0.3, -0.25) is 14.9 Å². The highest BCUT2D eigenvalue weighted by Gasteiger charge is 2.19. The molecule has 1 aromatic rings. The first kappa shape index (κ1) is 11.8. The van der Waals surface area contributed by atoms with Crippen LogP contribution in [0.3, 0.4) is 0 Å². The van der Waals surface area contributed by atoms with Gasteiger partial charge in [0.15, 0.2) is 0 Å². The van der Waals surface area contributed by atoms with Crippen molar-refractivity contribution >= 4 is 5.69 Å². The van der Waals surface area contributed by atoms with E-state index in [0.29, 0.717) is 12.2 Å². The minimum atomic E-state index is -0.658. The van der Waals surface area contributed by atoms with Gasteiger partial charge in [0.2, 0.25) is 0 Å². The molecular weight excluding hydrogens is 224 g/mol. The maximum atomic E-state index is 11.4. The van der Waals surface area contributed by atoms with Crippen LogP contribution in [0.2, 0.25) is 0 Å². The van der Waals surface area contributed by atoms with Gasteiger partial charge in [-0.1, -0.05) is 0 Å². The number of aryl methyl sites for hydroxylation is 1. The summed E-state index contributed by atoms with van der Waals surface area (Å²) in [5, 5.41) is 10.7. The second-order valence-electron chi connectivity index (χ2n) is 4.27. The molecule has 0 aliphatic heterocycles. The van der Waals surface area contributed by atoms with Gasteiger partial charge in [0.05, 0.1) is 17.6 Å². The highest BCUT2D eigenvalue weighted by molar-refractivity contribution is 5.30. The molecule has 1 saturated carbocycles. The van der Waals surface area contributed by atoms with E-state index < -0.39 is 16.2 Å². The summed E-state index contributed by atoms with van der Waals surface area (Å²) in [5.41, 5.74) is -0.338. The predicted octanol–water partition coefficient (Wildman–Crippen LogP) is 1.36. The van der Waals surface area contributed by atoms with E-state index >= 15 is 0 Å². The Hall–Kier alpha value is -1.69. The van der Waals surface area contributed by atoms with Crippen LogP contribution in [-0.2, 0) is 18.4 Å². The Morgan fingerprint density at radius 3 is 2.82 bits per heavy atom. The largest absolute Gasteiger partial charge is 0.373 e. The van der Waals surface area contributed by atoms with Crippen LogP contribution < -0.4 is 5.56 Å². The van der Waals surface area contributed by atoms with Gasteiger partial charge in [0, 0.05) is 24.9 Å². The van der Waals surface area contributed by atoms with E-state index in [1.54, 1.807) is 6.20 Å². The zero-order valence-electron chi connectivity index (χ0n) is 9.59. The number of ether oxygens (including phenoxy) is 1. The average molecular weight is 238 g/mol. The second-order valence-corrected chi connectivity index (χ2v) is 4.27. The predicted molar refractivity (Wildman–Crippen MR) is 60.8 cm³/mol. The van der Waals surface area contributed by atoms with Crippen molar-refractivity contribution in [3.8, 4) is 0 Å². The Morgan fingerprint density at radius 1 is 1.59 bits per heavy atom. The fourth-order valence-electron chi connectivity index (χ4n) is 1.72. The van der Waals surface area contributed by atoms with Crippen LogP contribution in [0.15, 0.2) is 17.1 Å². The summed E-state index contributed by atoms with van der Waals surface area (Å²) in [6.07, 6.45) is 5.12. The summed E-state index contributed by atoms with van der Waals surface area (Å²) in [6.45, 7) is 0.319. The summed E-state index contributed by atoms with van der Waals surface area (Å²) >= 11 is 0. The molecule has 0 amide bonds. The minimum absolute atomic E-state index is 0.270. The van der Waals surface area contributed by atoms with Gasteiger partial charge in [-0.15, -0.1) is 0 Å². The SMILES string of the molecule is Cn1cc(COC2CCC2)cc([N+](=O)[O-])c1=O. The van der Waals surface area contributed by atoms with Crippen LogP contribution in [0.1, 0.15) is 24.8 Å². The van der Waals surface area contributed by atoms with Gasteiger partial charge in [-0.2, -0.15) is 0 Å². The molecule has 0 unspecified atom stereocenters. The molecule has 0 atom stereocenters. The van der Waals surface area contributed by atoms with E-state index in [4.69, 9.17) is 4.74 Å². The molecule has 0 spiro atoms. The Bertz CT molecular complexity index is 491. The fraction of sp³-hybridized carbons (Fsp3) is 0.545. The van der Waals surface area contributed by atoms with Crippen molar-refractivity contribution in [1.29, 1.82) is 0 Å². The summed E-state index contributed by atoms with van der Waals surface area (Å²) in [6, 6.07) is 1.29. The molecule has 1 fully saturated rings. The lowest BCUT2D eigenvalue weighted by Gasteiger charge is -2.25. The molecule has 1 heterocycles. The lowest BCUT2D eigenvalue weighted by Crippen LogP contribution is -2.23. The average Bonchev–Trinajstić information content (AvgIpc) is 2.20. The monoisotopic (exact) mass is 238 g/mol. The standard InChI is InChI=1S/C11H14N2O4/c1-12-6-8(7-17-9-3-2-4-9)5-10(11(12)14)13(15)16/h5-6,9H,2-4,7H2,1H3. The van der Waals surface area contributed by atoms with E-state index in [1.165, 1.54) is 24.1 Å². The Kier molecular flexibility index (Phi) is 3.23. The number of rotatable bonds is 4. The molecule has 0 saturated heterocycles. The normalized spacial score (nSPS) is 15.6. The highest BCUT2D eigenvalue weighted by Crippen LogP contribution is 2.23. The lowest BCUT2D eigenvalue weighted by atomic mass is 9.96. The topological polar surface area (TPSA) is 74.4 Å². The molecule has 6 heteroatoms. The van der Waals surface area contributed by atoms with E-state index in [9.17, 15) is 14.9 Å². The van der Waals surface area contributed by atoms with Crippen molar-refractivity contribution < 1.29 is 9.66 Å². The number of nitrogens with zero attached hydrogens (tertiary/aromatic N) is 2. The molecule has 17 heavy (non-hydrogen) atoms.